The van der Waals surface area contributed by atoms with E-state index in [0.29, 0.717) is 5.56 Å². The number of aromatic nitrogens is 2. The maximum absolute atomic E-state index is 12.1. The minimum absolute atomic E-state index is 0.177. The van der Waals surface area contributed by atoms with Gasteiger partial charge in [0.1, 0.15) is 5.69 Å². The van der Waals surface area contributed by atoms with Gasteiger partial charge in [0.15, 0.2) is 5.54 Å². The van der Waals surface area contributed by atoms with Crippen molar-refractivity contribution in [2.45, 2.75) is 12.5 Å². The van der Waals surface area contributed by atoms with Gasteiger partial charge in [-0.1, -0.05) is 30.3 Å². The normalized spacial score (nSPS) is 13.5. The van der Waals surface area contributed by atoms with Gasteiger partial charge in [0.2, 0.25) is 0 Å². The van der Waals surface area contributed by atoms with E-state index in [1.807, 2.05) is 0 Å². The van der Waals surface area contributed by atoms with Crippen molar-refractivity contribution in [2.75, 3.05) is 0 Å². The van der Waals surface area contributed by atoms with Crippen molar-refractivity contribution in [3.05, 3.63) is 53.9 Å². The van der Waals surface area contributed by atoms with Crippen molar-refractivity contribution in [1.29, 1.82) is 0 Å². The molecule has 2 aromatic rings. The second-order valence-electron chi connectivity index (χ2n) is 4.62. The standard InChI is InChI=1S/C14H15N3O3/c1-14(13(19)20,10-6-4-3-5-7-10)15-12(18)11-8-9-17(2)16-11/h3-9H,1-2H3,(H,15,18)(H,19,20). The molecule has 1 atom stereocenters. The fraction of sp³-hybridized carbons (Fsp3) is 0.214. The second-order valence-corrected chi connectivity index (χ2v) is 4.62. The summed E-state index contributed by atoms with van der Waals surface area (Å²) >= 11 is 0. The van der Waals surface area contributed by atoms with Crippen LogP contribution in [0.5, 0.6) is 0 Å². The van der Waals surface area contributed by atoms with Crippen LogP contribution in [0.25, 0.3) is 0 Å². The number of benzene rings is 1. The summed E-state index contributed by atoms with van der Waals surface area (Å²) in [6.45, 7) is 1.45. The number of rotatable bonds is 4. The maximum Gasteiger partial charge on any atom is 0.333 e. The number of carboxylic acid groups (broad SMARTS) is 1. The number of carbonyl (C=O) groups is 2. The van der Waals surface area contributed by atoms with Crippen LogP contribution in [-0.2, 0) is 17.4 Å². The molecule has 0 aliphatic heterocycles. The average molecular weight is 273 g/mol. The van der Waals surface area contributed by atoms with Gasteiger partial charge >= 0.3 is 5.97 Å². The lowest BCUT2D eigenvalue weighted by Crippen LogP contribution is -2.49. The van der Waals surface area contributed by atoms with Crippen LogP contribution in [0, 0.1) is 0 Å². The Morgan fingerprint density at radius 3 is 2.40 bits per heavy atom. The Hall–Kier alpha value is -2.63. The highest BCUT2D eigenvalue weighted by Crippen LogP contribution is 2.21. The van der Waals surface area contributed by atoms with Gasteiger partial charge in [0.25, 0.3) is 5.91 Å². The Bertz CT molecular complexity index is 636. The first-order valence-electron chi connectivity index (χ1n) is 6.04. The highest BCUT2D eigenvalue weighted by molar-refractivity contribution is 5.96. The third-order valence-electron chi connectivity index (χ3n) is 3.09. The molecule has 2 N–H and O–H groups in total. The molecule has 0 aliphatic rings. The summed E-state index contributed by atoms with van der Waals surface area (Å²) < 4.78 is 1.48. The van der Waals surface area contributed by atoms with E-state index in [0.717, 1.165) is 0 Å². The van der Waals surface area contributed by atoms with Gasteiger partial charge in [-0.25, -0.2) is 4.79 Å². The van der Waals surface area contributed by atoms with Crippen LogP contribution in [0.1, 0.15) is 23.0 Å². The molecular formula is C14H15N3O3. The number of carboxylic acids is 1. The molecule has 1 aromatic carbocycles. The molecule has 1 heterocycles. The van der Waals surface area contributed by atoms with Gasteiger partial charge in [-0.3, -0.25) is 9.48 Å². The molecule has 104 valence electrons. The van der Waals surface area contributed by atoms with E-state index >= 15 is 0 Å². The summed E-state index contributed by atoms with van der Waals surface area (Å²) in [6, 6.07) is 10.1. The second kappa shape index (κ2) is 5.16. The predicted octanol–water partition coefficient (Wildman–Crippen LogP) is 1.15. The smallest absolute Gasteiger partial charge is 0.333 e. The first-order chi connectivity index (χ1) is 9.43. The average Bonchev–Trinajstić information content (AvgIpc) is 2.86. The molecular weight excluding hydrogens is 258 g/mol. The molecule has 0 saturated heterocycles. The van der Waals surface area contributed by atoms with E-state index in [4.69, 9.17) is 0 Å². The fourth-order valence-corrected chi connectivity index (χ4v) is 1.85. The first-order valence-corrected chi connectivity index (χ1v) is 6.04. The van der Waals surface area contributed by atoms with Crippen molar-refractivity contribution in [3.63, 3.8) is 0 Å². The zero-order chi connectivity index (χ0) is 14.8. The number of carbonyl (C=O) groups excluding carboxylic acids is 1. The number of aliphatic carboxylic acids is 1. The molecule has 0 fully saturated rings. The summed E-state index contributed by atoms with van der Waals surface area (Å²) in [4.78, 5) is 23.7. The zero-order valence-corrected chi connectivity index (χ0v) is 11.2. The monoisotopic (exact) mass is 273 g/mol. The first kappa shape index (κ1) is 13.8. The van der Waals surface area contributed by atoms with Crippen LogP contribution in [0.15, 0.2) is 42.6 Å². The Morgan fingerprint density at radius 2 is 1.90 bits per heavy atom. The van der Waals surface area contributed by atoms with Gasteiger partial charge in [-0.2, -0.15) is 5.10 Å². The van der Waals surface area contributed by atoms with E-state index in [1.54, 1.807) is 43.6 Å². The van der Waals surface area contributed by atoms with Crippen LogP contribution < -0.4 is 5.32 Å². The Morgan fingerprint density at radius 1 is 1.25 bits per heavy atom. The highest BCUT2D eigenvalue weighted by Gasteiger charge is 2.37. The lowest BCUT2D eigenvalue weighted by molar-refractivity contribution is -0.144. The molecule has 1 unspecified atom stereocenters. The van der Waals surface area contributed by atoms with Gasteiger partial charge in [-0.05, 0) is 18.6 Å². The van der Waals surface area contributed by atoms with Crippen LogP contribution in [0.2, 0.25) is 0 Å². The molecule has 0 radical (unpaired) electrons. The molecule has 0 saturated carbocycles. The predicted molar refractivity (Wildman–Crippen MR) is 72.1 cm³/mol. The summed E-state index contributed by atoms with van der Waals surface area (Å²) in [6.07, 6.45) is 1.62. The van der Waals surface area contributed by atoms with E-state index in [9.17, 15) is 14.7 Å². The molecule has 0 spiro atoms. The zero-order valence-electron chi connectivity index (χ0n) is 11.2. The number of hydrogen-bond donors (Lipinski definition) is 2. The van der Waals surface area contributed by atoms with Crippen molar-refractivity contribution in [1.82, 2.24) is 15.1 Å². The minimum atomic E-state index is -1.50. The van der Waals surface area contributed by atoms with E-state index < -0.39 is 17.4 Å². The molecule has 0 aliphatic carbocycles. The lowest BCUT2D eigenvalue weighted by Gasteiger charge is -2.26. The number of amides is 1. The molecule has 0 bridgehead atoms. The van der Waals surface area contributed by atoms with E-state index in [2.05, 4.69) is 10.4 Å². The Balaban J connectivity index is 2.31. The van der Waals surface area contributed by atoms with E-state index in [1.165, 1.54) is 17.7 Å². The van der Waals surface area contributed by atoms with Crippen molar-refractivity contribution in [2.24, 2.45) is 7.05 Å². The van der Waals surface area contributed by atoms with Crippen LogP contribution in [-0.4, -0.2) is 26.8 Å². The minimum Gasteiger partial charge on any atom is -0.479 e. The van der Waals surface area contributed by atoms with E-state index in [-0.39, 0.29) is 5.69 Å². The van der Waals surface area contributed by atoms with Gasteiger partial charge in [-0.15, -0.1) is 0 Å². The SMILES string of the molecule is Cn1ccc(C(=O)NC(C)(C(=O)O)c2ccccc2)n1. The van der Waals surface area contributed by atoms with Crippen LogP contribution >= 0.6 is 0 Å². The molecule has 1 aromatic heterocycles. The Labute approximate surface area is 116 Å². The van der Waals surface area contributed by atoms with Crippen LogP contribution in [0.3, 0.4) is 0 Å². The topological polar surface area (TPSA) is 84.2 Å². The largest absolute Gasteiger partial charge is 0.479 e. The van der Waals surface area contributed by atoms with Crippen LogP contribution in [0.4, 0.5) is 0 Å². The summed E-state index contributed by atoms with van der Waals surface area (Å²) in [5, 5.41) is 15.9. The highest BCUT2D eigenvalue weighted by atomic mass is 16.4. The third-order valence-corrected chi connectivity index (χ3v) is 3.09. The van der Waals surface area contributed by atoms with Gasteiger partial charge in [0, 0.05) is 13.2 Å². The molecule has 1 amide bonds. The molecule has 6 heteroatoms. The Kier molecular flexibility index (Phi) is 3.56. The number of hydrogen-bond acceptors (Lipinski definition) is 3. The number of nitrogens with zero attached hydrogens (tertiary/aromatic N) is 2. The van der Waals surface area contributed by atoms with Crippen molar-refractivity contribution >= 4 is 11.9 Å². The summed E-state index contributed by atoms with van der Waals surface area (Å²) in [5.74, 6) is -1.66. The summed E-state index contributed by atoms with van der Waals surface area (Å²) in [5.41, 5.74) is -0.830. The number of nitrogens with one attached hydrogen (secondary N) is 1. The molecule has 20 heavy (non-hydrogen) atoms. The maximum atomic E-state index is 12.1. The third kappa shape index (κ3) is 2.54. The lowest BCUT2D eigenvalue weighted by atomic mass is 9.92. The fourth-order valence-electron chi connectivity index (χ4n) is 1.85. The number of aryl methyl sites for hydroxylation is 1. The van der Waals surface area contributed by atoms with Crippen molar-refractivity contribution in [3.8, 4) is 0 Å². The summed E-state index contributed by atoms with van der Waals surface area (Å²) in [7, 11) is 1.68. The quantitative estimate of drug-likeness (QED) is 0.875. The molecule has 6 nitrogen and oxygen atoms in total. The van der Waals surface area contributed by atoms with Crippen molar-refractivity contribution < 1.29 is 14.7 Å². The van der Waals surface area contributed by atoms with Gasteiger partial charge in [0.05, 0.1) is 0 Å². The van der Waals surface area contributed by atoms with Gasteiger partial charge < -0.3 is 10.4 Å². The molecule has 2 rings (SSSR count).